The summed E-state index contributed by atoms with van der Waals surface area (Å²) in [4.78, 5) is 38.2. The molecule has 0 saturated carbocycles. The van der Waals surface area contributed by atoms with Crippen LogP contribution < -0.4 is 16.0 Å². The minimum absolute atomic E-state index is 0.0942. The summed E-state index contributed by atoms with van der Waals surface area (Å²) in [7, 11) is 0. The molecule has 0 aromatic heterocycles. The van der Waals surface area contributed by atoms with Crippen LogP contribution in [-0.4, -0.2) is 29.1 Å². The maximum absolute atomic E-state index is 13.3. The Balaban J connectivity index is 1.62. The molecule has 4 N–H and O–H groups in total. The van der Waals surface area contributed by atoms with Crippen molar-refractivity contribution in [1.29, 1.82) is 0 Å². The van der Waals surface area contributed by atoms with Gasteiger partial charge < -0.3 is 21.1 Å². The van der Waals surface area contributed by atoms with Crippen LogP contribution in [0.2, 0.25) is 5.02 Å². The maximum atomic E-state index is 13.3. The zero-order valence-corrected chi connectivity index (χ0v) is 22.1. The number of carbonyl (C=O) groups excluding carboxylic acids is 2. The van der Waals surface area contributed by atoms with E-state index in [1.165, 1.54) is 0 Å². The standard InChI is InChI=1S/C28H23BrClN3O4/c1-16-5-4-8-22(30)25(16)33-28(37)32-23-15-19-7-3-2-6-18(19)14-21(23)26(34)31-24(27(35)36)13-17-9-11-20(29)12-10-17/h2-12,14-15,24H,13H2,1H3,(H,31,34)(H,35,36)(H2,32,33,37)/t24-/m0/s1. The first-order valence-electron chi connectivity index (χ1n) is 11.4. The molecule has 1 atom stereocenters. The van der Waals surface area contributed by atoms with E-state index in [9.17, 15) is 19.5 Å². The Morgan fingerprint density at radius 3 is 2.24 bits per heavy atom. The second-order valence-corrected chi connectivity index (χ2v) is 9.77. The molecule has 0 radical (unpaired) electrons. The zero-order chi connectivity index (χ0) is 26.5. The second kappa shape index (κ2) is 11.5. The number of benzene rings is 4. The van der Waals surface area contributed by atoms with Gasteiger partial charge in [0.25, 0.3) is 5.91 Å². The van der Waals surface area contributed by atoms with Crippen LogP contribution >= 0.6 is 27.5 Å². The number of para-hydroxylation sites is 1. The molecule has 0 spiro atoms. The van der Waals surface area contributed by atoms with E-state index < -0.39 is 23.9 Å². The molecular formula is C28H23BrClN3O4. The minimum Gasteiger partial charge on any atom is -0.480 e. The van der Waals surface area contributed by atoms with E-state index >= 15 is 0 Å². The van der Waals surface area contributed by atoms with Crippen LogP contribution in [0.1, 0.15) is 21.5 Å². The number of anilines is 2. The van der Waals surface area contributed by atoms with Gasteiger partial charge in [0.1, 0.15) is 6.04 Å². The van der Waals surface area contributed by atoms with Crippen molar-refractivity contribution >= 4 is 67.6 Å². The lowest BCUT2D eigenvalue weighted by molar-refractivity contribution is -0.139. The highest BCUT2D eigenvalue weighted by Gasteiger charge is 2.24. The van der Waals surface area contributed by atoms with E-state index in [2.05, 4.69) is 31.9 Å². The van der Waals surface area contributed by atoms with Crippen molar-refractivity contribution in [2.75, 3.05) is 10.6 Å². The van der Waals surface area contributed by atoms with Crippen molar-refractivity contribution in [3.63, 3.8) is 0 Å². The van der Waals surface area contributed by atoms with Crippen LogP contribution in [-0.2, 0) is 11.2 Å². The van der Waals surface area contributed by atoms with Gasteiger partial charge in [0.2, 0.25) is 0 Å². The van der Waals surface area contributed by atoms with Gasteiger partial charge in [-0.1, -0.05) is 76.1 Å². The molecule has 4 aromatic rings. The summed E-state index contributed by atoms with van der Waals surface area (Å²) in [6.07, 6.45) is 0.0942. The largest absolute Gasteiger partial charge is 0.480 e. The summed E-state index contributed by atoms with van der Waals surface area (Å²) in [5.41, 5.74) is 2.34. The molecule has 4 rings (SSSR count). The fraction of sp³-hybridized carbons (Fsp3) is 0.107. The minimum atomic E-state index is -1.17. The number of nitrogens with one attached hydrogen (secondary N) is 3. The fourth-order valence-electron chi connectivity index (χ4n) is 3.88. The van der Waals surface area contributed by atoms with Gasteiger partial charge in [-0.2, -0.15) is 0 Å². The van der Waals surface area contributed by atoms with Crippen molar-refractivity contribution in [1.82, 2.24) is 5.32 Å². The number of carbonyl (C=O) groups is 3. The predicted molar refractivity (Wildman–Crippen MR) is 150 cm³/mol. The molecule has 9 heteroatoms. The second-order valence-electron chi connectivity index (χ2n) is 8.45. The number of hydrogen-bond acceptors (Lipinski definition) is 3. The Bertz CT molecular complexity index is 1470. The quantitative estimate of drug-likeness (QED) is 0.197. The number of aliphatic carboxylic acids is 1. The summed E-state index contributed by atoms with van der Waals surface area (Å²) in [5.74, 6) is -1.79. The summed E-state index contributed by atoms with van der Waals surface area (Å²) < 4.78 is 0.865. The Kier molecular flexibility index (Phi) is 8.11. The highest BCUT2D eigenvalue weighted by molar-refractivity contribution is 9.10. The number of urea groups is 1. The molecule has 4 aromatic carbocycles. The number of amides is 3. The lowest BCUT2D eigenvalue weighted by Crippen LogP contribution is -2.42. The molecule has 0 heterocycles. The molecule has 0 aliphatic carbocycles. The molecular weight excluding hydrogens is 558 g/mol. The van der Waals surface area contributed by atoms with Gasteiger partial charge in [-0.3, -0.25) is 4.79 Å². The van der Waals surface area contributed by atoms with Crippen LogP contribution in [0.25, 0.3) is 10.8 Å². The van der Waals surface area contributed by atoms with Gasteiger partial charge in [-0.15, -0.1) is 0 Å². The Hall–Kier alpha value is -3.88. The molecule has 188 valence electrons. The van der Waals surface area contributed by atoms with Gasteiger partial charge >= 0.3 is 12.0 Å². The highest BCUT2D eigenvalue weighted by Crippen LogP contribution is 2.27. The van der Waals surface area contributed by atoms with E-state index in [1.54, 1.807) is 48.5 Å². The predicted octanol–water partition coefficient (Wildman–Crippen LogP) is 6.63. The first-order valence-corrected chi connectivity index (χ1v) is 12.5. The molecule has 0 fully saturated rings. The van der Waals surface area contributed by atoms with Crippen LogP contribution in [0.4, 0.5) is 16.2 Å². The first kappa shape index (κ1) is 26.2. The number of fused-ring (bicyclic) bond motifs is 1. The average molecular weight is 581 g/mol. The normalized spacial score (nSPS) is 11.5. The molecule has 0 aliphatic heterocycles. The Labute approximate surface area is 227 Å². The molecule has 37 heavy (non-hydrogen) atoms. The fourth-order valence-corrected chi connectivity index (χ4v) is 4.41. The van der Waals surface area contributed by atoms with Crippen LogP contribution in [0.15, 0.2) is 83.3 Å². The van der Waals surface area contributed by atoms with Gasteiger partial charge in [0, 0.05) is 10.9 Å². The Morgan fingerprint density at radius 1 is 0.919 bits per heavy atom. The molecule has 0 saturated heterocycles. The number of hydrogen-bond donors (Lipinski definition) is 4. The molecule has 0 aliphatic rings. The summed E-state index contributed by atoms with van der Waals surface area (Å²) >= 11 is 9.59. The molecule has 0 bridgehead atoms. The van der Waals surface area contributed by atoms with Crippen LogP contribution in [0.3, 0.4) is 0 Å². The zero-order valence-electron chi connectivity index (χ0n) is 19.7. The third-order valence-corrected chi connectivity index (χ3v) is 6.64. The lowest BCUT2D eigenvalue weighted by atomic mass is 10.0. The van der Waals surface area contributed by atoms with E-state index in [4.69, 9.17) is 11.6 Å². The number of halogens is 2. The van der Waals surface area contributed by atoms with Gasteiger partial charge in [0.05, 0.1) is 22.0 Å². The van der Waals surface area contributed by atoms with Crippen molar-refractivity contribution in [2.45, 2.75) is 19.4 Å². The monoisotopic (exact) mass is 579 g/mol. The summed E-state index contributed by atoms with van der Waals surface area (Å²) in [5, 5.41) is 19.8. The van der Waals surface area contributed by atoms with Crippen molar-refractivity contribution in [3.05, 3.63) is 105 Å². The van der Waals surface area contributed by atoms with Crippen LogP contribution in [0, 0.1) is 6.92 Å². The van der Waals surface area contributed by atoms with Crippen LogP contribution in [0.5, 0.6) is 0 Å². The van der Waals surface area contributed by atoms with Gasteiger partial charge in [-0.25, -0.2) is 9.59 Å². The maximum Gasteiger partial charge on any atom is 0.326 e. The van der Waals surface area contributed by atoms with Gasteiger partial charge in [0.15, 0.2) is 0 Å². The highest BCUT2D eigenvalue weighted by atomic mass is 79.9. The topological polar surface area (TPSA) is 108 Å². The van der Waals surface area contributed by atoms with Crippen molar-refractivity contribution in [3.8, 4) is 0 Å². The van der Waals surface area contributed by atoms with E-state index in [1.807, 2.05) is 37.3 Å². The van der Waals surface area contributed by atoms with E-state index in [0.29, 0.717) is 10.7 Å². The van der Waals surface area contributed by atoms with E-state index in [-0.39, 0.29) is 17.7 Å². The average Bonchev–Trinajstić information content (AvgIpc) is 2.86. The van der Waals surface area contributed by atoms with E-state index in [0.717, 1.165) is 26.4 Å². The van der Waals surface area contributed by atoms with Crippen molar-refractivity contribution in [2.24, 2.45) is 0 Å². The smallest absolute Gasteiger partial charge is 0.326 e. The SMILES string of the molecule is Cc1cccc(Cl)c1NC(=O)Nc1cc2ccccc2cc1C(=O)N[C@@H](Cc1ccc(Br)cc1)C(=O)O. The summed E-state index contributed by atoms with van der Waals surface area (Å²) in [6, 6.07) is 21.3. The molecule has 7 nitrogen and oxygen atoms in total. The first-order chi connectivity index (χ1) is 17.7. The van der Waals surface area contributed by atoms with Gasteiger partial charge in [-0.05, 0) is 59.2 Å². The number of carboxylic acid groups (broad SMARTS) is 1. The third-order valence-electron chi connectivity index (χ3n) is 5.80. The lowest BCUT2D eigenvalue weighted by Gasteiger charge is -2.18. The van der Waals surface area contributed by atoms with Crippen molar-refractivity contribution < 1.29 is 19.5 Å². The summed E-state index contributed by atoms with van der Waals surface area (Å²) in [6.45, 7) is 1.81. The molecule has 0 unspecified atom stereocenters. The third kappa shape index (κ3) is 6.47. The number of aryl methyl sites for hydroxylation is 1. The number of rotatable bonds is 7. The Morgan fingerprint density at radius 2 is 1.59 bits per heavy atom. The molecule has 3 amide bonds. The number of carboxylic acids is 1.